The number of phenols is 1. The summed E-state index contributed by atoms with van der Waals surface area (Å²) in [6.07, 6.45) is 0.753. The largest absolute Gasteiger partial charge is 0.507 e. The van der Waals surface area contributed by atoms with Crippen LogP contribution in [0.2, 0.25) is 0 Å². The van der Waals surface area contributed by atoms with E-state index in [-0.39, 0.29) is 0 Å². The van der Waals surface area contributed by atoms with Crippen LogP contribution in [-0.2, 0) is 6.42 Å². The molecule has 2 nitrogen and oxygen atoms in total. The lowest BCUT2D eigenvalue weighted by atomic mass is 9.95. The number of para-hydroxylation sites is 1. The molecule has 0 aliphatic heterocycles. The van der Waals surface area contributed by atoms with Gasteiger partial charge in [0.2, 0.25) is 0 Å². The van der Waals surface area contributed by atoms with Gasteiger partial charge in [0, 0.05) is 17.4 Å². The number of aryl methyl sites for hydroxylation is 2. The van der Waals surface area contributed by atoms with E-state index in [9.17, 15) is 5.11 Å². The third kappa shape index (κ3) is 3.62. The van der Waals surface area contributed by atoms with E-state index in [1.54, 1.807) is 0 Å². The molecule has 0 saturated carbocycles. The summed E-state index contributed by atoms with van der Waals surface area (Å²) in [4.78, 5) is 0. The fourth-order valence-electron chi connectivity index (χ4n) is 4.27. The SMILES string of the molecule is Cc1cc(-c2ccc(-c3c(Cc4ccccc4)oc4ccccc34)cc2)cc(C)c1O. The predicted molar refractivity (Wildman–Crippen MR) is 127 cm³/mol. The maximum atomic E-state index is 10.1. The third-order valence-electron chi connectivity index (χ3n) is 5.87. The van der Waals surface area contributed by atoms with Gasteiger partial charge in [0.15, 0.2) is 0 Å². The van der Waals surface area contributed by atoms with Gasteiger partial charge in [-0.15, -0.1) is 0 Å². The van der Waals surface area contributed by atoms with Crippen molar-refractivity contribution in [1.29, 1.82) is 0 Å². The topological polar surface area (TPSA) is 33.4 Å². The third-order valence-corrected chi connectivity index (χ3v) is 5.87. The Kier molecular flexibility index (Phi) is 4.83. The van der Waals surface area contributed by atoms with Crippen molar-refractivity contribution in [2.75, 3.05) is 0 Å². The zero-order valence-corrected chi connectivity index (χ0v) is 17.7. The second-order valence-corrected chi connectivity index (χ2v) is 8.09. The van der Waals surface area contributed by atoms with Gasteiger partial charge in [-0.05, 0) is 65.4 Å². The number of rotatable bonds is 4. The number of hydrogen-bond donors (Lipinski definition) is 1. The van der Waals surface area contributed by atoms with Crippen molar-refractivity contribution in [2.45, 2.75) is 20.3 Å². The van der Waals surface area contributed by atoms with E-state index in [1.165, 1.54) is 5.56 Å². The molecule has 2 heteroatoms. The summed E-state index contributed by atoms with van der Waals surface area (Å²) in [5.41, 5.74) is 8.48. The minimum absolute atomic E-state index is 0.371. The number of fused-ring (bicyclic) bond motifs is 1. The molecule has 0 unspecified atom stereocenters. The predicted octanol–water partition coefficient (Wildman–Crippen LogP) is 7.68. The molecule has 1 aromatic heterocycles. The van der Waals surface area contributed by atoms with Gasteiger partial charge in [0.25, 0.3) is 0 Å². The van der Waals surface area contributed by atoms with E-state index >= 15 is 0 Å². The fourth-order valence-corrected chi connectivity index (χ4v) is 4.27. The quantitative estimate of drug-likeness (QED) is 0.333. The Balaban J connectivity index is 1.58. The van der Waals surface area contributed by atoms with Crippen LogP contribution in [-0.4, -0.2) is 5.11 Å². The van der Waals surface area contributed by atoms with Gasteiger partial charge < -0.3 is 9.52 Å². The Bertz CT molecular complexity index is 1340. The molecule has 0 bridgehead atoms. The first-order valence-corrected chi connectivity index (χ1v) is 10.6. The van der Waals surface area contributed by atoms with E-state index in [0.29, 0.717) is 5.75 Å². The van der Waals surface area contributed by atoms with Crippen LogP contribution in [0.3, 0.4) is 0 Å². The monoisotopic (exact) mass is 404 g/mol. The highest BCUT2D eigenvalue weighted by atomic mass is 16.3. The molecule has 0 spiro atoms. The van der Waals surface area contributed by atoms with Crippen LogP contribution in [0.15, 0.2) is 95.4 Å². The Hall–Kier alpha value is -3.78. The smallest absolute Gasteiger partial charge is 0.134 e. The van der Waals surface area contributed by atoms with Gasteiger partial charge in [-0.3, -0.25) is 0 Å². The first-order valence-electron chi connectivity index (χ1n) is 10.6. The maximum absolute atomic E-state index is 10.1. The summed E-state index contributed by atoms with van der Waals surface area (Å²) in [7, 11) is 0. The normalized spacial score (nSPS) is 11.2. The minimum atomic E-state index is 0.371. The number of furan rings is 1. The zero-order valence-electron chi connectivity index (χ0n) is 17.7. The van der Waals surface area contributed by atoms with Gasteiger partial charge in [-0.1, -0.05) is 72.8 Å². The average Bonchev–Trinajstić information content (AvgIpc) is 3.15. The highest BCUT2D eigenvalue weighted by molar-refractivity contribution is 5.96. The maximum Gasteiger partial charge on any atom is 0.134 e. The molecule has 4 aromatic carbocycles. The summed E-state index contributed by atoms with van der Waals surface area (Å²) in [6, 6.07) is 31.4. The van der Waals surface area contributed by atoms with Crippen LogP contribution < -0.4 is 0 Å². The molecule has 5 aromatic rings. The van der Waals surface area contributed by atoms with Crippen molar-refractivity contribution in [3.05, 3.63) is 113 Å². The lowest BCUT2D eigenvalue weighted by Gasteiger charge is -2.10. The molecular formula is C29H24O2. The molecular weight excluding hydrogens is 380 g/mol. The van der Waals surface area contributed by atoms with Gasteiger partial charge in [-0.2, -0.15) is 0 Å². The van der Waals surface area contributed by atoms with E-state index in [1.807, 2.05) is 44.2 Å². The molecule has 0 aliphatic rings. The molecule has 0 fully saturated rings. The van der Waals surface area contributed by atoms with Crippen molar-refractivity contribution in [3.63, 3.8) is 0 Å². The standard InChI is InChI=1S/C29H24O2/c1-19-16-24(17-20(2)29(19)30)22-12-14-23(15-13-22)28-25-10-6-7-11-26(25)31-27(28)18-21-8-4-3-5-9-21/h3-17,30H,18H2,1-2H3. The summed E-state index contributed by atoms with van der Waals surface area (Å²) in [5, 5.41) is 11.2. The zero-order chi connectivity index (χ0) is 21.4. The summed E-state index contributed by atoms with van der Waals surface area (Å²) < 4.78 is 6.29. The molecule has 0 atom stereocenters. The van der Waals surface area contributed by atoms with Crippen LogP contribution in [0.25, 0.3) is 33.2 Å². The lowest BCUT2D eigenvalue weighted by Crippen LogP contribution is -1.89. The Morgan fingerprint density at radius 2 is 1.29 bits per heavy atom. The van der Waals surface area contributed by atoms with Gasteiger partial charge in [-0.25, -0.2) is 0 Å². The van der Waals surface area contributed by atoms with Crippen molar-refractivity contribution < 1.29 is 9.52 Å². The molecule has 1 N–H and O–H groups in total. The Morgan fingerprint density at radius 1 is 0.677 bits per heavy atom. The molecule has 152 valence electrons. The van der Waals surface area contributed by atoms with E-state index in [2.05, 4.69) is 60.7 Å². The van der Waals surface area contributed by atoms with Gasteiger partial charge in [0.1, 0.15) is 17.1 Å². The molecule has 0 saturated heterocycles. The van der Waals surface area contributed by atoms with Crippen LogP contribution >= 0.6 is 0 Å². The van der Waals surface area contributed by atoms with Crippen molar-refractivity contribution in [1.82, 2.24) is 0 Å². The molecule has 31 heavy (non-hydrogen) atoms. The van der Waals surface area contributed by atoms with Crippen molar-refractivity contribution in [2.24, 2.45) is 0 Å². The van der Waals surface area contributed by atoms with Crippen LogP contribution in [0.5, 0.6) is 5.75 Å². The number of phenolic OH excluding ortho intramolecular Hbond substituents is 1. The first kappa shape index (κ1) is 19.2. The summed E-state index contributed by atoms with van der Waals surface area (Å²) >= 11 is 0. The van der Waals surface area contributed by atoms with Crippen LogP contribution in [0, 0.1) is 13.8 Å². The molecule has 0 radical (unpaired) electrons. The van der Waals surface area contributed by atoms with Crippen LogP contribution in [0.1, 0.15) is 22.5 Å². The molecule has 0 amide bonds. The Morgan fingerprint density at radius 3 is 2.00 bits per heavy atom. The van der Waals surface area contributed by atoms with E-state index < -0.39 is 0 Å². The van der Waals surface area contributed by atoms with Crippen molar-refractivity contribution in [3.8, 4) is 28.0 Å². The summed E-state index contributed by atoms with van der Waals surface area (Å²) in [5.74, 6) is 1.35. The van der Waals surface area contributed by atoms with E-state index in [4.69, 9.17) is 4.42 Å². The lowest BCUT2D eigenvalue weighted by molar-refractivity contribution is 0.467. The second kappa shape index (κ2) is 7.81. The van der Waals surface area contributed by atoms with Crippen LogP contribution in [0.4, 0.5) is 0 Å². The first-order chi connectivity index (χ1) is 15.1. The molecule has 0 aliphatic carbocycles. The fraction of sp³-hybridized carbons (Fsp3) is 0.103. The number of hydrogen-bond acceptors (Lipinski definition) is 2. The van der Waals surface area contributed by atoms with Gasteiger partial charge >= 0.3 is 0 Å². The van der Waals surface area contributed by atoms with Gasteiger partial charge in [0.05, 0.1) is 0 Å². The highest BCUT2D eigenvalue weighted by Crippen LogP contribution is 2.37. The summed E-state index contributed by atoms with van der Waals surface area (Å²) in [6.45, 7) is 3.88. The Labute approximate surface area is 182 Å². The van der Waals surface area contributed by atoms with E-state index in [0.717, 1.165) is 56.5 Å². The number of aromatic hydroxyl groups is 1. The second-order valence-electron chi connectivity index (χ2n) is 8.09. The average molecular weight is 405 g/mol. The molecule has 5 rings (SSSR count). The minimum Gasteiger partial charge on any atom is -0.507 e. The number of benzene rings is 4. The highest BCUT2D eigenvalue weighted by Gasteiger charge is 2.16. The molecule has 1 heterocycles. The van der Waals surface area contributed by atoms with Crippen molar-refractivity contribution >= 4 is 11.0 Å².